The fourth-order valence-electron chi connectivity index (χ4n) is 3.33. The average molecular weight is 490 g/mol. The molecule has 11 heteroatoms. The van der Waals surface area contributed by atoms with Gasteiger partial charge in [0.1, 0.15) is 18.2 Å². The van der Waals surface area contributed by atoms with E-state index in [1.807, 2.05) is 30.5 Å². The predicted octanol–water partition coefficient (Wildman–Crippen LogP) is 4.42. The molecular formula is C24H17ClFN7O2. The number of ether oxygens (including phenoxy) is 1. The molecule has 5 aromatic rings. The van der Waals surface area contributed by atoms with E-state index in [1.54, 1.807) is 10.9 Å². The molecule has 0 bridgehead atoms. The van der Waals surface area contributed by atoms with Gasteiger partial charge in [-0.2, -0.15) is 10.1 Å². The lowest BCUT2D eigenvalue weighted by Crippen LogP contribution is -2.12. The Labute approximate surface area is 203 Å². The molecule has 0 atom stereocenters. The quantitative estimate of drug-likeness (QED) is 0.347. The fraction of sp³-hybridized carbons (Fsp3) is 0.0417. The van der Waals surface area contributed by atoms with Crippen LogP contribution in [0, 0.1) is 5.82 Å². The first-order valence-corrected chi connectivity index (χ1v) is 10.7. The summed E-state index contributed by atoms with van der Waals surface area (Å²) in [7, 11) is 0. The van der Waals surface area contributed by atoms with Crippen LogP contribution in [0.25, 0.3) is 16.7 Å². The molecule has 0 aliphatic heterocycles. The van der Waals surface area contributed by atoms with E-state index in [2.05, 4.69) is 25.4 Å². The second-order valence-electron chi connectivity index (χ2n) is 7.49. The van der Waals surface area contributed by atoms with Crippen molar-refractivity contribution in [3.05, 3.63) is 95.3 Å². The Hall–Kier alpha value is -4.57. The van der Waals surface area contributed by atoms with Crippen molar-refractivity contribution in [2.24, 2.45) is 5.73 Å². The molecule has 0 saturated carbocycles. The van der Waals surface area contributed by atoms with Gasteiger partial charge in [0.25, 0.3) is 0 Å². The molecule has 0 spiro atoms. The van der Waals surface area contributed by atoms with Crippen molar-refractivity contribution >= 4 is 40.0 Å². The van der Waals surface area contributed by atoms with Gasteiger partial charge in [-0.05, 0) is 30.3 Å². The van der Waals surface area contributed by atoms with Crippen molar-refractivity contribution in [3.63, 3.8) is 0 Å². The van der Waals surface area contributed by atoms with Crippen molar-refractivity contribution in [2.45, 2.75) is 6.61 Å². The smallest absolute Gasteiger partial charge is 0.250 e. The molecule has 3 heterocycles. The number of carbonyl (C=O) groups excluding carboxylic acids is 1. The summed E-state index contributed by atoms with van der Waals surface area (Å²) in [5, 5.41) is 8.53. The molecule has 1 amide bonds. The number of pyridine rings is 1. The third-order valence-corrected chi connectivity index (χ3v) is 5.33. The number of hydrogen-bond donors (Lipinski definition) is 2. The number of nitrogens with two attached hydrogens (primary N) is 1. The number of nitrogens with one attached hydrogen (secondary N) is 1. The zero-order chi connectivity index (χ0) is 24.4. The van der Waals surface area contributed by atoms with Gasteiger partial charge >= 0.3 is 0 Å². The van der Waals surface area contributed by atoms with Crippen LogP contribution in [0.4, 0.5) is 16.0 Å². The maximum absolute atomic E-state index is 13.5. The fourth-order valence-corrected chi connectivity index (χ4v) is 3.51. The Morgan fingerprint density at radius 1 is 1.14 bits per heavy atom. The van der Waals surface area contributed by atoms with Crippen molar-refractivity contribution in [3.8, 4) is 11.6 Å². The van der Waals surface area contributed by atoms with Crippen LogP contribution in [0.2, 0.25) is 5.02 Å². The van der Waals surface area contributed by atoms with Crippen LogP contribution in [0.5, 0.6) is 5.75 Å². The monoisotopic (exact) mass is 489 g/mol. The number of carbonyl (C=O) groups is 1. The molecule has 35 heavy (non-hydrogen) atoms. The normalized spacial score (nSPS) is 10.9. The van der Waals surface area contributed by atoms with Crippen molar-refractivity contribution in [2.75, 3.05) is 5.32 Å². The molecule has 0 unspecified atom stereocenters. The van der Waals surface area contributed by atoms with Crippen molar-refractivity contribution in [1.29, 1.82) is 0 Å². The number of fused-ring (bicyclic) bond motifs is 1. The van der Waals surface area contributed by atoms with Crippen LogP contribution in [0.3, 0.4) is 0 Å². The van der Waals surface area contributed by atoms with E-state index in [9.17, 15) is 9.18 Å². The molecule has 0 aliphatic carbocycles. The number of nitrogens with zero attached hydrogens (tertiary/aromatic N) is 5. The van der Waals surface area contributed by atoms with Gasteiger partial charge in [-0.3, -0.25) is 9.78 Å². The van der Waals surface area contributed by atoms with Crippen LogP contribution < -0.4 is 15.8 Å². The minimum Gasteiger partial charge on any atom is -0.487 e. The largest absolute Gasteiger partial charge is 0.487 e. The summed E-state index contributed by atoms with van der Waals surface area (Å²) in [4.78, 5) is 24.4. The van der Waals surface area contributed by atoms with E-state index in [0.717, 1.165) is 10.9 Å². The molecule has 0 radical (unpaired) electrons. The summed E-state index contributed by atoms with van der Waals surface area (Å²) < 4.78 is 21.0. The summed E-state index contributed by atoms with van der Waals surface area (Å²) in [6, 6.07) is 13.4. The van der Waals surface area contributed by atoms with E-state index in [-0.39, 0.29) is 23.1 Å². The first-order chi connectivity index (χ1) is 17.0. The SMILES string of the molecule is NC(=O)c1cncc(OCc2cnc(Nc3ccc(F)c(Cl)c3)nc2-n2cc3ccccc3n2)c1. The molecule has 0 fully saturated rings. The van der Waals surface area contributed by atoms with Crippen LogP contribution in [-0.2, 0) is 6.61 Å². The molecule has 2 aromatic carbocycles. The summed E-state index contributed by atoms with van der Waals surface area (Å²) in [5.74, 6) is -0.0497. The second-order valence-corrected chi connectivity index (χ2v) is 7.90. The minimum atomic E-state index is -0.605. The van der Waals surface area contributed by atoms with Gasteiger partial charge in [-0.1, -0.05) is 29.8 Å². The second kappa shape index (κ2) is 9.35. The maximum Gasteiger partial charge on any atom is 0.250 e. The average Bonchev–Trinajstić information content (AvgIpc) is 3.30. The minimum absolute atomic E-state index is 0.0228. The lowest BCUT2D eigenvalue weighted by atomic mass is 10.2. The van der Waals surface area contributed by atoms with E-state index in [0.29, 0.717) is 22.8 Å². The van der Waals surface area contributed by atoms with Crippen LogP contribution in [0.15, 0.2) is 73.3 Å². The topological polar surface area (TPSA) is 121 Å². The zero-order valence-electron chi connectivity index (χ0n) is 18.0. The number of aromatic nitrogens is 5. The lowest BCUT2D eigenvalue weighted by molar-refractivity contribution is 0.0999. The van der Waals surface area contributed by atoms with Gasteiger partial charge in [0, 0.05) is 29.7 Å². The number of benzene rings is 2. The van der Waals surface area contributed by atoms with Crippen LogP contribution >= 0.6 is 11.6 Å². The molecular weight excluding hydrogens is 473 g/mol. The molecule has 3 N–H and O–H groups in total. The Kier molecular flexibility index (Phi) is 5.94. The molecule has 0 saturated heterocycles. The first kappa shape index (κ1) is 22.2. The highest BCUT2D eigenvalue weighted by atomic mass is 35.5. The summed E-state index contributed by atoms with van der Waals surface area (Å²) in [5.41, 5.74) is 7.48. The number of anilines is 2. The van der Waals surface area contributed by atoms with E-state index in [1.165, 1.54) is 36.7 Å². The molecule has 3 aromatic heterocycles. The van der Waals surface area contributed by atoms with Crippen molar-refractivity contribution in [1.82, 2.24) is 24.7 Å². The van der Waals surface area contributed by atoms with Gasteiger partial charge in [0.2, 0.25) is 11.9 Å². The molecule has 174 valence electrons. The Balaban J connectivity index is 1.49. The Morgan fingerprint density at radius 3 is 2.80 bits per heavy atom. The third kappa shape index (κ3) is 4.87. The summed E-state index contributed by atoms with van der Waals surface area (Å²) in [6.45, 7) is 0.0675. The van der Waals surface area contributed by atoms with Gasteiger partial charge in [-0.25, -0.2) is 14.1 Å². The van der Waals surface area contributed by atoms with Gasteiger partial charge in [0.05, 0.1) is 27.9 Å². The molecule has 5 rings (SSSR count). The maximum atomic E-state index is 13.5. The highest BCUT2D eigenvalue weighted by Gasteiger charge is 2.14. The molecule has 0 aliphatic rings. The van der Waals surface area contributed by atoms with E-state index < -0.39 is 11.7 Å². The Bertz CT molecular complexity index is 1520. The van der Waals surface area contributed by atoms with E-state index >= 15 is 0 Å². The number of amides is 1. The summed E-state index contributed by atoms with van der Waals surface area (Å²) >= 11 is 5.89. The number of primary amides is 1. The lowest BCUT2D eigenvalue weighted by Gasteiger charge is -2.13. The van der Waals surface area contributed by atoms with Crippen LogP contribution in [0.1, 0.15) is 15.9 Å². The number of halogens is 2. The van der Waals surface area contributed by atoms with Crippen molar-refractivity contribution < 1.29 is 13.9 Å². The van der Waals surface area contributed by atoms with Crippen LogP contribution in [-0.4, -0.2) is 30.6 Å². The number of rotatable bonds is 7. The third-order valence-electron chi connectivity index (χ3n) is 5.04. The zero-order valence-corrected chi connectivity index (χ0v) is 18.8. The van der Waals surface area contributed by atoms with E-state index in [4.69, 9.17) is 22.1 Å². The molecule has 9 nitrogen and oxygen atoms in total. The Morgan fingerprint density at radius 2 is 2.00 bits per heavy atom. The standard InChI is InChI=1S/C24H17ClFN7O2/c25-19-8-17(5-6-20(19)26)30-24-29-10-16(13-35-18-7-15(22(27)34)9-28-11-18)23(31-24)33-12-14-3-1-2-4-21(14)32-33/h1-12H,13H2,(H2,27,34)(H,29,30,31). The summed E-state index contributed by atoms with van der Waals surface area (Å²) in [6.07, 6.45) is 6.27. The number of hydrogen-bond acceptors (Lipinski definition) is 7. The predicted molar refractivity (Wildman–Crippen MR) is 128 cm³/mol. The van der Waals surface area contributed by atoms with Gasteiger partial charge in [-0.15, -0.1) is 0 Å². The highest BCUT2D eigenvalue weighted by Crippen LogP contribution is 2.24. The van der Waals surface area contributed by atoms with Gasteiger partial charge < -0.3 is 15.8 Å². The first-order valence-electron chi connectivity index (χ1n) is 10.4. The highest BCUT2D eigenvalue weighted by molar-refractivity contribution is 6.31. The van der Waals surface area contributed by atoms with Gasteiger partial charge in [0.15, 0.2) is 5.82 Å².